The fourth-order valence-electron chi connectivity index (χ4n) is 3.76. The molecule has 8 heteroatoms. The van der Waals surface area contributed by atoms with Crippen LogP contribution in [0, 0.1) is 13.8 Å². The largest absolute Gasteiger partial charge is 0.383 e. The maximum atomic E-state index is 12.9. The molecule has 1 aliphatic heterocycles. The van der Waals surface area contributed by atoms with Gasteiger partial charge < -0.3 is 19.9 Å². The van der Waals surface area contributed by atoms with Crippen molar-refractivity contribution in [3.8, 4) is 0 Å². The quantitative estimate of drug-likeness (QED) is 0.824. The fraction of sp³-hybridized carbons (Fsp3) is 0.579. The van der Waals surface area contributed by atoms with Crippen LogP contribution in [0.15, 0.2) is 12.4 Å². The first kappa shape index (κ1) is 19.3. The number of piperidine rings is 1. The highest BCUT2D eigenvalue weighted by atomic mass is 16.5. The zero-order valence-electron chi connectivity index (χ0n) is 16.3. The third-order valence-electron chi connectivity index (χ3n) is 5.19. The van der Waals surface area contributed by atoms with E-state index in [0.717, 1.165) is 48.7 Å². The second-order valence-corrected chi connectivity index (χ2v) is 7.06. The summed E-state index contributed by atoms with van der Waals surface area (Å²) >= 11 is 0. The summed E-state index contributed by atoms with van der Waals surface area (Å²) < 4.78 is 7.31. The van der Waals surface area contributed by atoms with Crippen molar-refractivity contribution in [2.45, 2.75) is 45.6 Å². The minimum Gasteiger partial charge on any atom is -0.383 e. The first-order chi connectivity index (χ1) is 13.0. The van der Waals surface area contributed by atoms with E-state index in [4.69, 9.17) is 10.5 Å². The number of hydrogen-bond donors (Lipinski definition) is 1. The van der Waals surface area contributed by atoms with E-state index in [2.05, 4.69) is 19.5 Å². The van der Waals surface area contributed by atoms with Gasteiger partial charge in [-0.15, -0.1) is 0 Å². The molecule has 2 aromatic heterocycles. The highest BCUT2D eigenvalue weighted by molar-refractivity contribution is 5.79. The number of carbonyl (C=O) groups excluding carboxylic acids is 1. The number of amides is 1. The van der Waals surface area contributed by atoms with Crippen molar-refractivity contribution < 1.29 is 9.53 Å². The number of likely N-dealkylation sites (tertiary alicyclic amines) is 1. The molecule has 1 aliphatic rings. The van der Waals surface area contributed by atoms with E-state index in [-0.39, 0.29) is 17.8 Å². The molecule has 0 aliphatic carbocycles. The topological polar surface area (TPSA) is 99.2 Å². The van der Waals surface area contributed by atoms with Crippen LogP contribution in [0.3, 0.4) is 0 Å². The lowest BCUT2D eigenvalue weighted by molar-refractivity contribution is -0.131. The maximum Gasteiger partial charge on any atom is 0.227 e. The van der Waals surface area contributed by atoms with Crippen LogP contribution in [0.4, 0.5) is 5.95 Å². The summed E-state index contributed by atoms with van der Waals surface area (Å²) in [6, 6.07) is 0. The lowest BCUT2D eigenvalue weighted by Crippen LogP contribution is -2.40. The third kappa shape index (κ3) is 4.44. The van der Waals surface area contributed by atoms with Gasteiger partial charge in [0, 0.05) is 62.0 Å². The van der Waals surface area contributed by atoms with Crippen molar-refractivity contribution in [2.75, 3.05) is 32.5 Å². The predicted octanol–water partition coefficient (Wildman–Crippen LogP) is 1.47. The molecule has 3 rings (SSSR count). The van der Waals surface area contributed by atoms with Crippen molar-refractivity contribution in [1.82, 2.24) is 24.4 Å². The number of nitrogens with zero attached hydrogens (tertiary/aromatic N) is 5. The molecule has 0 unspecified atom stereocenters. The summed E-state index contributed by atoms with van der Waals surface area (Å²) in [5.74, 6) is 1.64. The highest BCUT2D eigenvalue weighted by Gasteiger charge is 2.28. The number of hydrogen-bond acceptors (Lipinski definition) is 6. The molecule has 3 heterocycles. The van der Waals surface area contributed by atoms with E-state index in [0.29, 0.717) is 19.6 Å². The molecule has 27 heavy (non-hydrogen) atoms. The van der Waals surface area contributed by atoms with Gasteiger partial charge in [0.05, 0.1) is 13.0 Å². The summed E-state index contributed by atoms with van der Waals surface area (Å²) in [4.78, 5) is 27.8. The first-order valence-electron chi connectivity index (χ1n) is 9.37. The van der Waals surface area contributed by atoms with Gasteiger partial charge in [0.25, 0.3) is 0 Å². The first-order valence-corrected chi connectivity index (χ1v) is 9.37. The van der Waals surface area contributed by atoms with Gasteiger partial charge in [0.1, 0.15) is 5.82 Å². The number of rotatable bonds is 6. The Hall–Kier alpha value is -2.48. The average molecular weight is 372 g/mol. The number of ether oxygens (including phenoxy) is 1. The van der Waals surface area contributed by atoms with Crippen molar-refractivity contribution >= 4 is 11.9 Å². The summed E-state index contributed by atoms with van der Waals surface area (Å²) in [6.07, 6.45) is 6.13. The molecule has 2 aromatic rings. The number of nitrogens with two attached hydrogens (primary N) is 1. The molecule has 0 bridgehead atoms. The van der Waals surface area contributed by atoms with Crippen LogP contribution in [-0.4, -0.2) is 57.1 Å². The molecule has 0 aromatic carbocycles. The van der Waals surface area contributed by atoms with Gasteiger partial charge in [0.15, 0.2) is 0 Å². The SMILES string of the molecule is COCCn1ccnc1[C@@H]1CCCN(C(=O)Cc2c(C)nc(N)nc2C)C1. The number of carbonyl (C=O) groups is 1. The Labute approximate surface area is 159 Å². The summed E-state index contributed by atoms with van der Waals surface area (Å²) in [7, 11) is 1.70. The lowest BCUT2D eigenvalue weighted by Gasteiger charge is -2.33. The van der Waals surface area contributed by atoms with Gasteiger partial charge in [-0.05, 0) is 26.7 Å². The van der Waals surface area contributed by atoms with Gasteiger partial charge in [0.2, 0.25) is 11.9 Å². The van der Waals surface area contributed by atoms with Crippen molar-refractivity contribution in [2.24, 2.45) is 0 Å². The molecule has 146 valence electrons. The van der Waals surface area contributed by atoms with Gasteiger partial charge in [-0.2, -0.15) is 0 Å². The Kier molecular flexibility index (Phi) is 6.05. The molecule has 1 saturated heterocycles. The van der Waals surface area contributed by atoms with E-state index in [1.165, 1.54) is 0 Å². The van der Waals surface area contributed by atoms with E-state index in [1.54, 1.807) is 7.11 Å². The molecule has 2 N–H and O–H groups in total. The number of aryl methyl sites for hydroxylation is 2. The van der Waals surface area contributed by atoms with Crippen LogP contribution in [0.1, 0.15) is 41.5 Å². The Morgan fingerprint density at radius 2 is 2.07 bits per heavy atom. The lowest BCUT2D eigenvalue weighted by atomic mass is 9.96. The minimum absolute atomic E-state index is 0.106. The van der Waals surface area contributed by atoms with E-state index >= 15 is 0 Å². The van der Waals surface area contributed by atoms with Gasteiger partial charge in [-0.25, -0.2) is 15.0 Å². The van der Waals surface area contributed by atoms with E-state index < -0.39 is 0 Å². The molecular formula is C19H28N6O2. The van der Waals surface area contributed by atoms with Crippen LogP contribution >= 0.6 is 0 Å². The van der Waals surface area contributed by atoms with Gasteiger partial charge in [-0.3, -0.25) is 4.79 Å². The third-order valence-corrected chi connectivity index (χ3v) is 5.19. The van der Waals surface area contributed by atoms with Crippen LogP contribution in [0.5, 0.6) is 0 Å². The molecule has 8 nitrogen and oxygen atoms in total. The summed E-state index contributed by atoms with van der Waals surface area (Å²) in [6.45, 7) is 6.64. The smallest absolute Gasteiger partial charge is 0.227 e. The maximum absolute atomic E-state index is 12.9. The molecule has 1 atom stereocenters. The zero-order valence-corrected chi connectivity index (χ0v) is 16.3. The number of anilines is 1. The number of nitrogen functional groups attached to an aromatic ring is 1. The molecule has 0 saturated carbocycles. The average Bonchev–Trinajstić information content (AvgIpc) is 3.11. The van der Waals surface area contributed by atoms with Crippen LogP contribution in [0.25, 0.3) is 0 Å². The normalized spacial score (nSPS) is 17.3. The predicted molar refractivity (Wildman–Crippen MR) is 102 cm³/mol. The molecule has 1 amide bonds. The van der Waals surface area contributed by atoms with Crippen molar-refractivity contribution in [3.05, 3.63) is 35.2 Å². The molecular weight excluding hydrogens is 344 g/mol. The highest BCUT2D eigenvalue weighted by Crippen LogP contribution is 2.26. The van der Waals surface area contributed by atoms with E-state index in [1.807, 2.05) is 31.1 Å². The second kappa shape index (κ2) is 8.47. The van der Waals surface area contributed by atoms with Crippen molar-refractivity contribution in [1.29, 1.82) is 0 Å². The Bertz CT molecular complexity index is 780. The fourth-order valence-corrected chi connectivity index (χ4v) is 3.76. The number of aromatic nitrogens is 4. The van der Waals surface area contributed by atoms with Crippen LogP contribution in [0.2, 0.25) is 0 Å². The van der Waals surface area contributed by atoms with Gasteiger partial charge >= 0.3 is 0 Å². The zero-order chi connectivity index (χ0) is 19.4. The summed E-state index contributed by atoms with van der Waals surface area (Å²) in [5, 5.41) is 0. The van der Waals surface area contributed by atoms with Crippen molar-refractivity contribution in [3.63, 3.8) is 0 Å². The molecule has 0 radical (unpaired) electrons. The molecule has 1 fully saturated rings. The Morgan fingerprint density at radius 1 is 1.33 bits per heavy atom. The van der Waals surface area contributed by atoms with Crippen LogP contribution in [-0.2, 0) is 22.5 Å². The summed E-state index contributed by atoms with van der Waals surface area (Å²) in [5.41, 5.74) is 8.11. The Balaban J connectivity index is 1.69. The minimum atomic E-state index is 0.106. The Morgan fingerprint density at radius 3 is 2.78 bits per heavy atom. The van der Waals surface area contributed by atoms with E-state index in [9.17, 15) is 4.79 Å². The number of imidazole rings is 1. The van der Waals surface area contributed by atoms with Crippen LogP contribution < -0.4 is 5.73 Å². The van der Waals surface area contributed by atoms with Gasteiger partial charge in [-0.1, -0.05) is 0 Å². The standard InChI is InChI=1S/C19H28N6O2/c1-13-16(14(2)23-19(20)22-13)11-17(26)25-7-4-5-15(12-25)18-21-6-8-24(18)9-10-27-3/h6,8,15H,4-5,7,9-12H2,1-3H3,(H2,20,22,23)/t15-/m1/s1. The monoisotopic (exact) mass is 372 g/mol. The second-order valence-electron chi connectivity index (χ2n) is 7.06. The molecule has 0 spiro atoms. The number of methoxy groups -OCH3 is 1.